The number of hydrogen-bond donors (Lipinski definition) is 1. The number of hydrogen-bond acceptors (Lipinski definition) is 4. The van der Waals surface area contributed by atoms with Crippen LogP contribution < -0.4 is 0 Å². The summed E-state index contributed by atoms with van der Waals surface area (Å²) in [5.74, 6) is -0.0549. The van der Waals surface area contributed by atoms with Gasteiger partial charge in [-0.3, -0.25) is 0 Å². The lowest BCUT2D eigenvalue weighted by molar-refractivity contribution is 0.198. The van der Waals surface area contributed by atoms with Crippen LogP contribution in [0, 0.1) is 11.3 Å². The van der Waals surface area contributed by atoms with Crippen LogP contribution in [0.4, 0.5) is 0 Å². The quantitative estimate of drug-likeness (QED) is 0.830. The van der Waals surface area contributed by atoms with Crippen molar-refractivity contribution in [3.05, 3.63) is 35.4 Å². The summed E-state index contributed by atoms with van der Waals surface area (Å²) < 4.78 is 26.7. The molecule has 0 atom stereocenters. The molecule has 0 aliphatic heterocycles. The SMILES string of the molecule is N#Cc1ccc(CS(=O)(=O)N(CCCO)C2CCC2)cc1. The molecule has 0 saturated heterocycles. The maximum absolute atomic E-state index is 12.6. The summed E-state index contributed by atoms with van der Waals surface area (Å²) in [6, 6.07) is 8.73. The molecule has 0 bridgehead atoms. The highest BCUT2D eigenvalue weighted by Gasteiger charge is 2.33. The second kappa shape index (κ2) is 7.03. The van der Waals surface area contributed by atoms with E-state index in [9.17, 15) is 8.42 Å². The Morgan fingerprint density at radius 1 is 1.29 bits per heavy atom. The summed E-state index contributed by atoms with van der Waals surface area (Å²) >= 11 is 0. The number of nitrogens with zero attached hydrogens (tertiary/aromatic N) is 2. The zero-order chi connectivity index (χ0) is 15.3. The van der Waals surface area contributed by atoms with Crippen molar-refractivity contribution in [1.29, 1.82) is 5.26 Å². The summed E-state index contributed by atoms with van der Waals surface area (Å²) in [6.07, 6.45) is 3.33. The lowest BCUT2D eigenvalue weighted by atomic mass is 9.93. The van der Waals surface area contributed by atoms with Gasteiger partial charge in [-0.05, 0) is 37.0 Å². The number of nitriles is 1. The molecule has 0 unspecified atom stereocenters. The summed E-state index contributed by atoms with van der Waals surface area (Å²) in [7, 11) is -3.39. The monoisotopic (exact) mass is 308 g/mol. The zero-order valence-corrected chi connectivity index (χ0v) is 12.7. The molecular formula is C15H20N2O3S. The molecule has 1 saturated carbocycles. The Balaban J connectivity index is 2.11. The molecule has 6 heteroatoms. The summed E-state index contributed by atoms with van der Waals surface area (Å²) in [5.41, 5.74) is 1.20. The van der Waals surface area contributed by atoms with Gasteiger partial charge in [0.1, 0.15) is 0 Å². The molecule has 2 rings (SSSR count). The van der Waals surface area contributed by atoms with Crippen molar-refractivity contribution >= 4 is 10.0 Å². The molecule has 0 heterocycles. The smallest absolute Gasteiger partial charge is 0.218 e. The number of aliphatic hydroxyl groups is 1. The molecule has 1 aromatic carbocycles. The highest BCUT2D eigenvalue weighted by molar-refractivity contribution is 7.88. The molecule has 5 nitrogen and oxygen atoms in total. The maximum Gasteiger partial charge on any atom is 0.218 e. The predicted molar refractivity (Wildman–Crippen MR) is 79.8 cm³/mol. The summed E-state index contributed by atoms with van der Waals surface area (Å²) in [4.78, 5) is 0. The van der Waals surface area contributed by atoms with Crippen LogP contribution in [-0.2, 0) is 15.8 Å². The fourth-order valence-corrected chi connectivity index (χ4v) is 4.27. The molecule has 0 spiro atoms. The predicted octanol–water partition coefficient (Wildman–Crippen LogP) is 1.62. The minimum absolute atomic E-state index is 0.00436. The average Bonchev–Trinajstić information content (AvgIpc) is 2.41. The van der Waals surface area contributed by atoms with Crippen LogP contribution in [-0.4, -0.2) is 37.0 Å². The van der Waals surface area contributed by atoms with Gasteiger partial charge in [0.25, 0.3) is 0 Å². The van der Waals surface area contributed by atoms with Crippen LogP contribution >= 0.6 is 0 Å². The van der Waals surface area contributed by atoms with E-state index in [4.69, 9.17) is 10.4 Å². The van der Waals surface area contributed by atoms with Crippen LogP contribution in [0.3, 0.4) is 0 Å². The van der Waals surface area contributed by atoms with Gasteiger partial charge in [0.2, 0.25) is 10.0 Å². The van der Waals surface area contributed by atoms with Gasteiger partial charge >= 0.3 is 0 Å². The van der Waals surface area contributed by atoms with Crippen LogP contribution in [0.25, 0.3) is 0 Å². The van der Waals surface area contributed by atoms with Crippen LogP contribution in [0.1, 0.15) is 36.8 Å². The molecule has 1 aliphatic carbocycles. The van der Waals surface area contributed by atoms with Gasteiger partial charge in [-0.1, -0.05) is 18.6 Å². The third kappa shape index (κ3) is 4.03. The van der Waals surface area contributed by atoms with Crippen molar-refractivity contribution < 1.29 is 13.5 Å². The van der Waals surface area contributed by atoms with Crippen molar-refractivity contribution in [3.8, 4) is 6.07 Å². The van der Waals surface area contributed by atoms with Gasteiger partial charge in [-0.25, -0.2) is 8.42 Å². The van der Waals surface area contributed by atoms with Gasteiger partial charge < -0.3 is 5.11 Å². The van der Waals surface area contributed by atoms with E-state index in [1.165, 1.54) is 0 Å². The first kappa shape index (κ1) is 16.0. The lowest BCUT2D eigenvalue weighted by Gasteiger charge is -2.36. The Morgan fingerprint density at radius 2 is 1.95 bits per heavy atom. The number of rotatable bonds is 7. The van der Waals surface area contributed by atoms with Crippen molar-refractivity contribution in [2.75, 3.05) is 13.2 Å². The van der Waals surface area contributed by atoms with E-state index in [1.807, 2.05) is 6.07 Å². The maximum atomic E-state index is 12.6. The van der Waals surface area contributed by atoms with E-state index in [0.717, 1.165) is 19.3 Å². The minimum Gasteiger partial charge on any atom is -0.396 e. The first-order chi connectivity index (χ1) is 10.1. The highest BCUT2D eigenvalue weighted by Crippen LogP contribution is 2.28. The molecule has 0 aromatic heterocycles. The zero-order valence-electron chi connectivity index (χ0n) is 11.9. The molecule has 0 radical (unpaired) electrons. The number of benzene rings is 1. The Hall–Kier alpha value is -1.42. The standard InChI is InChI=1S/C15H20N2O3S/c16-11-13-5-7-14(8-6-13)12-21(19,20)17(9-2-10-18)15-3-1-4-15/h5-8,15,18H,1-4,9-10,12H2. The van der Waals surface area contributed by atoms with E-state index in [1.54, 1.807) is 28.6 Å². The van der Waals surface area contributed by atoms with E-state index in [0.29, 0.717) is 24.1 Å². The first-order valence-corrected chi connectivity index (χ1v) is 8.77. The largest absolute Gasteiger partial charge is 0.396 e. The Labute approximate surface area is 125 Å². The summed E-state index contributed by atoms with van der Waals surface area (Å²) in [6.45, 7) is 0.370. The average molecular weight is 308 g/mol. The topological polar surface area (TPSA) is 81.4 Å². The van der Waals surface area contributed by atoms with Crippen molar-refractivity contribution in [2.45, 2.75) is 37.5 Å². The lowest BCUT2D eigenvalue weighted by Crippen LogP contribution is -2.45. The number of sulfonamides is 1. The fourth-order valence-electron chi connectivity index (χ4n) is 2.42. The van der Waals surface area contributed by atoms with Gasteiger partial charge in [-0.2, -0.15) is 9.57 Å². The molecular weight excluding hydrogens is 288 g/mol. The van der Waals surface area contributed by atoms with E-state index < -0.39 is 10.0 Å². The third-order valence-corrected chi connectivity index (χ3v) is 5.70. The Morgan fingerprint density at radius 3 is 2.43 bits per heavy atom. The summed E-state index contributed by atoms with van der Waals surface area (Å²) in [5, 5.41) is 17.7. The fraction of sp³-hybridized carbons (Fsp3) is 0.533. The minimum atomic E-state index is -3.39. The highest BCUT2D eigenvalue weighted by atomic mass is 32.2. The first-order valence-electron chi connectivity index (χ1n) is 7.16. The van der Waals surface area contributed by atoms with E-state index >= 15 is 0 Å². The molecule has 0 amide bonds. The van der Waals surface area contributed by atoms with Crippen molar-refractivity contribution in [1.82, 2.24) is 4.31 Å². The number of aliphatic hydroxyl groups excluding tert-OH is 1. The van der Waals surface area contributed by atoms with Gasteiger partial charge in [0, 0.05) is 19.2 Å². The van der Waals surface area contributed by atoms with Crippen molar-refractivity contribution in [2.24, 2.45) is 0 Å². The second-order valence-electron chi connectivity index (χ2n) is 5.34. The molecule has 1 fully saturated rings. The van der Waals surface area contributed by atoms with Crippen molar-refractivity contribution in [3.63, 3.8) is 0 Å². The third-order valence-electron chi connectivity index (χ3n) is 3.81. The second-order valence-corrected chi connectivity index (χ2v) is 7.26. The van der Waals surface area contributed by atoms with Crippen LogP contribution in [0.2, 0.25) is 0 Å². The molecule has 21 heavy (non-hydrogen) atoms. The molecule has 1 aromatic rings. The van der Waals surface area contributed by atoms with E-state index in [-0.39, 0.29) is 18.4 Å². The molecule has 1 N–H and O–H groups in total. The Bertz CT molecular complexity index is 601. The van der Waals surface area contributed by atoms with Gasteiger partial charge in [-0.15, -0.1) is 0 Å². The van der Waals surface area contributed by atoms with Gasteiger partial charge in [0.05, 0.1) is 17.4 Å². The molecule has 1 aliphatic rings. The van der Waals surface area contributed by atoms with Crippen LogP contribution in [0.5, 0.6) is 0 Å². The molecule has 114 valence electrons. The Kier molecular flexibility index (Phi) is 5.34. The van der Waals surface area contributed by atoms with E-state index in [2.05, 4.69) is 0 Å². The van der Waals surface area contributed by atoms with Crippen LogP contribution in [0.15, 0.2) is 24.3 Å². The van der Waals surface area contributed by atoms with Gasteiger partial charge in [0.15, 0.2) is 0 Å². The normalized spacial score (nSPS) is 15.7.